The minimum absolute atomic E-state index is 0.113. The van der Waals surface area contributed by atoms with Gasteiger partial charge in [-0.05, 0) is 41.7 Å². The van der Waals surface area contributed by atoms with E-state index in [4.69, 9.17) is 16.6 Å². The predicted octanol–water partition coefficient (Wildman–Crippen LogP) is 6.55. The van der Waals surface area contributed by atoms with Crippen LogP contribution in [0.5, 0.6) is 0 Å². The van der Waals surface area contributed by atoms with Gasteiger partial charge in [0.05, 0.1) is 21.7 Å². The van der Waals surface area contributed by atoms with Crippen molar-refractivity contribution >= 4 is 22.6 Å². The first-order valence-electron chi connectivity index (χ1n) is 9.04. The summed E-state index contributed by atoms with van der Waals surface area (Å²) < 4.78 is 0. The Morgan fingerprint density at radius 3 is 2.30 bits per heavy atom. The number of benzene rings is 2. The second-order valence-electron chi connectivity index (χ2n) is 7.99. The SMILES string of the molecule is Cc1cnc(-c2ccc(-c3nc4ccc(C(C)(C)C)cc4[nH]3)cc2)c(Cl)c1. The number of pyridine rings is 1. The summed E-state index contributed by atoms with van der Waals surface area (Å²) in [6.07, 6.45) is 1.83. The Balaban J connectivity index is 1.69. The number of aryl methyl sites for hydroxylation is 1. The molecule has 2 aromatic heterocycles. The molecule has 1 N–H and O–H groups in total. The van der Waals surface area contributed by atoms with E-state index >= 15 is 0 Å². The molecule has 0 aliphatic heterocycles. The highest BCUT2D eigenvalue weighted by Crippen LogP contribution is 2.30. The molecule has 4 aromatic rings. The third-order valence-corrected chi connectivity index (χ3v) is 5.05. The number of fused-ring (bicyclic) bond motifs is 1. The molecule has 2 heterocycles. The number of halogens is 1. The molecule has 27 heavy (non-hydrogen) atoms. The largest absolute Gasteiger partial charge is 0.338 e. The number of nitrogens with one attached hydrogen (secondary N) is 1. The van der Waals surface area contributed by atoms with Crippen LogP contribution in [0.3, 0.4) is 0 Å². The van der Waals surface area contributed by atoms with E-state index in [0.717, 1.165) is 39.2 Å². The molecule has 0 fully saturated rings. The highest BCUT2D eigenvalue weighted by Gasteiger charge is 2.15. The maximum atomic E-state index is 6.34. The average Bonchev–Trinajstić information content (AvgIpc) is 3.04. The van der Waals surface area contributed by atoms with Crippen LogP contribution in [0.1, 0.15) is 31.9 Å². The van der Waals surface area contributed by atoms with Gasteiger partial charge in [-0.3, -0.25) is 4.98 Å². The van der Waals surface area contributed by atoms with Crippen LogP contribution in [-0.4, -0.2) is 15.0 Å². The predicted molar refractivity (Wildman–Crippen MR) is 113 cm³/mol. The molecule has 4 heteroatoms. The number of hydrogen-bond donors (Lipinski definition) is 1. The fraction of sp³-hybridized carbons (Fsp3) is 0.217. The summed E-state index contributed by atoms with van der Waals surface area (Å²) in [5.41, 5.74) is 7.33. The van der Waals surface area contributed by atoms with Crippen molar-refractivity contribution in [3.8, 4) is 22.6 Å². The van der Waals surface area contributed by atoms with Gasteiger partial charge in [-0.15, -0.1) is 0 Å². The van der Waals surface area contributed by atoms with Gasteiger partial charge < -0.3 is 4.98 Å². The highest BCUT2D eigenvalue weighted by molar-refractivity contribution is 6.33. The van der Waals surface area contributed by atoms with Crippen molar-refractivity contribution in [2.45, 2.75) is 33.1 Å². The lowest BCUT2D eigenvalue weighted by molar-refractivity contribution is 0.591. The van der Waals surface area contributed by atoms with Gasteiger partial charge in [0.2, 0.25) is 0 Å². The van der Waals surface area contributed by atoms with Gasteiger partial charge in [-0.25, -0.2) is 4.98 Å². The van der Waals surface area contributed by atoms with Crippen molar-refractivity contribution < 1.29 is 0 Å². The lowest BCUT2D eigenvalue weighted by atomic mass is 9.87. The van der Waals surface area contributed by atoms with E-state index in [-0.39, 0.29) is 5.41 Å². The second-order valence-corrected chi connectivity index (χ2v) is 8.39. The maximum Gasteiger partial charge on any atom is 0.138 e. The van der Waals surface area contributed by atoms with E-state index in [1.54, 1.807) is 0 Å². The van der Waals surface area contributed by atoms with Crippen LogP contribution >= 0.6 is 11.6 Å². The van der Waals surface area contributed by atoms with Gasteiger partial charge in [0.25, 0.3) is 0 Å². The smallest absolute Gasteiger partial charge is 0.138 e. The van der Waals surface area contributed by atoms with E-state index in [1.165, 1.54) is 5.56 Å². The molecule has 3 nitrogen and oxygen atoms in total. The molecule has 2 aromatic carbocycles. The van der Waals surface area contributed by atoms with Crippen molar-refractivity contribution in [1.82, 2.24) is 15.0 Å². The molecule has 4 rings (SSSR count). The van der Waals surface area contributed by atoms with Crippen molar-refractivity contribution in [3.63, 3.8) is 0 Å². The van der Waals surface area contributed by atoms with Crippen LogP contribution < -0.4 is 0 Å². The van der Waals surface area contributed by atoms with E-state index < -0.39 is 0 Å². The molecule has 0 unspecified atom stereocenters. The number of hydrogen-bond acceptors (Lipinski definition) is 2. The first-order valence-corrected chi connectivity index (χ1v) is 9.42. The molecule has 0 saturated carbocycles. The molecule has 0 radical (unpaired) electrons. The van der Waals surface area contributed by atoms with Crippen molar-refractivity contribution in [1.29, 1.82) is 0 Å². The van der Waals surface area contributed by atoms with E-state index in [0.29, 0.717) is 5.02 Å². The Labute approximate surface area is 164 Å². The molecular formula is C23H22ClN3. The van der Waals surface area contributed by atoms with Crippen LogP contribution in [0.2, 0.25) is 5.02 Å². The second kappa shape index (κ2) is 6.50. The van der Waals surface area contributed by atoms with Crippen LogP contribution in [0.25, 0.3) is 33.7 Å². The first kappa shape index (κ1) is 17.7. The molecule has 0 aliphatic carbocycles. The monoisotopic (exact) mass is 375 g/mol. The molecule has 0 bridgehead atoms. The normalized spacial score (nSPS) is 11.9. The van der Waals surface area contributed by atoms with Crippen LogP contribution in [0.15, 0.2) is 54.7 Å². The fourth-order valence-corrected chi connectivity index (χ4v) is 3.47. The average molecular weight is 376 g/mol. The Morgan fingerprint density at radius 1 is 0.926 bits per heavy atom. The van der Waals surface area contributed by atoms with Gasteiger partial charge in [0.15, 0.2) is 0 Å². The zero-order valence-electron chi connectivity index (χ0n) is 16.0. The first-order chi connectivity index (χ1) is 12.8. The van der Waals surface area contributed by atoms with Crippen molar-refractivity contribution in [2.75, 3.05) is 0 Å². The minimum Gasteiger partial charge on any atom is -0.338 e. The topological polar surface area (TPSA) is 41.6 Å². The zero-order valence-corrected chi connectivity index (χ0v) is 16.7. The van der Waals surface area contributed by atoms with Gasteiger partial charge in [-0.2, -0.15) is 0 Å². The Kier molecular flexibility index (Phi) is 4.27. The van der Waals surface area contributed by atoms with Crippen LogP contribution in [0, 0.1) is 6.92 Å². The fourth-order valence-electron chi connectivity index (χ4n) is 3.14. The zero-order chi connectivity index (χ0) is 19.2. The number of imidazole rings is 1. The maximum absolute atomic E-state index is 6.34. The molecular weight excluding hydrogens is 354 g/mol. The van der Waals surface area contributed by atoms with Gasteiger partial charge >= 0.3 is 0 Å². The summed E-state index contributed by atoms with van der Waals surface area (Å²) in [4.78, 5) is 12.7. The third-order valence-electron chi connectivity index (χ3n) is 4.76. The van der Waals surface area contributed by atoms with Gasteiger partial charge in [-0.1, -0.05) is 62.7 Å². The van der Waals surface area contributed by atoms with Crippen molar-refractivity contribution in [3.05, 3.63) is 70.9 Å². The lowest BCUT2D eigenvalue weighted by Crippen LogP contribution is -2.10. The number of aromatic amines is 1. The van der Waals surface area contributed by atoms with Gasteiger partial charge in [0.1, 0.15) is 5.82 Å². The number of H-pyrrole nitrogens is 1. The van der Waals surface area contributed by atoms with Crippen LogP contribution in [0.4, 0.5) is 0 Å². The quantitative estimate of drug-likeness (QED) is 0.431. The number of nitrogens with zero attached hydrogens (tertiary/aromatic N) is 2. The highest BCUT2D eigenvalue weighted by atomic mass is 35.5. The van der Waals surface area contributed by atoms with Crippen molar-refractivity contribution in [2.24, 2.45) is 0 Å². The third kappa shape index (κ3) is 3.47. The summed E-state index contributed by atoms with van der Waals surface area (Å²) in [5, 5.41) is 0.668. The summed E-state index contributed by atoms with van der Waals surface area (Å²) >= 11 is 6.34. The standard InChI is InChI=1S/C23H22ClN3/c1-14-11-18(24)21(25-13-14)15-5-7-16(8-6-15)22-26-19-10-9-17(23(2,3)4)12-20(19)27-22/h5-13H,1-4H3,(H,26,27). The van der Waals surface area contributed by atoms with Gasteiger partial charge in [0, 0.05) is 17.3 Å². The number of aromatic nitrogens is 3. The van der Waals surface area contributed by atoms with E-state index in [2.05, 4.69) is 61.1 Å². The van der Waals surface area contributed by atoms with E-state index in [1.807, 2.05) is 31.3 Å². The summed E-state index contributed by atoms with van der Waals surface area (Å²) in [7, 11) is 0. The molecule has 0 atom stereocenters. The Bertz CT molecular complexity index is 1120. The lowest BCUT2D eigenvalue weighted by Gasteiger charge is -2.18. The molecule has 136 valence electrons. The minimum atomic E-state index is 0.113. The van der Waals surface area contributed by atoms with Crippen LogP contribution in [-0.2, 0) is 5.41 Å². The molecule has 0 amide bonds. The summed E-state index contributed by atoms with van der Waals surface area (Å²) in [6.45, 7) is 8.63. The Hall–Kier alpha value is -2.65. The molecule has 0 saturated heterocycles. The summed E-state index contributed by atoms with van der Waals surface area (Å²) in [5.74, 6) is 0.866. The molecule has 0 aliphatic rings. The summed E-state index contributed by atoms with van der Waals surface area (Å²) in [6, 6.07) is 16.5. The molecule has 0 spiro atoms. The Morgan fingerprint density at radius 2 is 1.63 bits per heavy atom. The number of rotatable bonds is 2. The van der Waals surface area contributed by atoms with E-state index in [9.17, 15) is 0 Å².